The van der Waals surface area contributed by atoms with Crippen molar-refractivity contribution < 1.29 is 27.8 Å². The van der Waals surface area contributed by atoms with Crippen LogP contribution in [-0.4, -0.2) is 37.1 Å². The van der Waals surface area contributed by atoms with E-state index in [-0.39, 0.29) is 59.3 Å². The Balaban J connectivity index is 1.28. The predicted octanol–water partition coefficient (Wildman–Crippen LogP) is 3.88. The van der Waals surface area contributed by atoms with Gasteiger partial charge in [0.1, 0.15) is 23.1 Å². The predicted molar refractivity (Wildman–Crippen MR) is 112 cm³/mol. The lowest BCUT2D eigenvalue weighted by Crippen LogP contribution is -2.54. The van der Waals surface area contributed by atoms with Gasteiger partial charge < -0.3 is 20.1 Å². The molecule has 2 aromatic rings. The first-order chi connectivity index (χ1) is 14.8. The molecule has 1 aliphatic carbocycles. The molecule has 0 heterocycles. The summed E-state index contributed by atoms with van der Waals surface area (Å²) in [6.45, 7) is -0.153. The second-order valence-corrected chi connectivity index (χ2v) is 7.85. The lowest BCUT2D eigenvalue weighted by Gasteiger charge is -2.36. The number of carbonyl (C=O) groups is 2. The van der Waals surface area contributed by atoms with Gasteiger partial charge in [0.05, 0.1) is 23.1 Å². The average molecular weight is 473 g/mol. The van der Waals surface area contributed by atoms with E-state index in [4.69, 9.17) is 32.7 Å². The van der Waals surface area contributed by atoms with Crippen LogP contribution in [0.4, 0.5) is 8.78 Å². The molecule has 2 aromatic carbocycles. The van der Waals surface area contributed by atoms with Gasteiger partial charge in [-0.1, -0.05) is 23.2 Å². The third-order valence-corrected chi connectivity index (χ3v) is 5.23. The molecule has 0 aliphatic heterocycles. The second kappa shape index (κ2) is 10.6. The molecule has 0 saturated heterocycles. The molecule has 1 fully saturated rings. The van der Waals surface area contributed by atoms with Crippen molar-refractivity contribution in [3.63, 3.8) is 0 Å². The smallest absolute Gasteiger partial charge is 0.258 e. The first-order valence-electron chi connectivity index (χ1n) is 9.54. The molecule has 0 bridgehead atoms. The van der Waals surface area contributed by atoms with E-state index in [2.05, 4.69) is 10.6 Å². The van der Waals surface area contributed by atoms with Gasteiger partial charge in [-0.15, -0.1) is 0 Å². The maximum atomic E-state index is 13.3. The molecule has 0 atom stereocenters. The number of amides is 2. The Kier molecular flexibility index (Phi) is 7.92. The van der Waals surface area contributed by atoms with E-state index in [1.54, 1.807) is 0 Å². The van der Waals surface area contributed by atoms with Gasteiger partial charge in [0.2, 0.25) is 5.91 Å². The third kappa shape index (κ3) is 6.97. The Morgan fingerprint density at radius 3 is 1.94 bits per heavy atom. The standard InChI is InChI=1S/C21H20Cl2F2N2O4/c22-16-3-1-14(9-18(16)24)30-6-5-20(28)26-12-7-13(8-12)27-21(29)11-31-15-2-4-17(23)19(25)10-15/h1-4,9-10,12-13H,5-8,11H2,(H,26,28)(H,27,29). The van der Waals surface area contributed by atoms with Gasteiger partial charge in [-0.3, -0.25) is 9.59 Å². The fraction of sp³-hybridized carbons (Fsp3) is 0.333. The minimum atomic E-state index is -0.622. The Hall–Kier alpha value is -2.58. The summed E-state index contributed by atoms with van der Waals surface area (Å²) in [6, 6.07) is 7.88. The number of halogens is 4. The highest BCUT2D eigenvalue weighted by molar-refractivity contribution is 6.31. The second-order valence-electron chi connectivity index (χ2n) is 7.04. The van der Waals surface area contributed by atoms with E-state index < -0.39 is 11.6 Å². The molecule has 1 aliphatic rings. The summed E-state index contributed by atoms with van der Waals surface area (Å²) in [6.07, 6.45) is 1.30. The number of hydrogen-bond donors (Lipinski definition) is 2. The summed E-state index contributed by atoms with van der Waals surface area (Å²) >= 11 is 11.2. The van der Waals surface area contributed by atoms with Crippen LogP contribution in [0, 0.1) is 11.6 Å². The molecule has 31 heavy (non-hydrogen) atoms. The summed E-state index contributed by atoms with van der Waals surface area (Å²) in [5.41, 5.74) is 0. The van der Waals surface area contributed by atoms with E-state index >= 15 is 0 Å². The normalized spacial score (nSPS) is 17.4. The number of benzene rings is 2. The lowest BCUT2D eigenvalue weighted by atomic mass is 9.86. The summed E-state index contributed by atoms with van der Waals surface area (Å²) in [5.74, 6) is -1.24. The first-order valence-corrected chi connectivity index (χ1v) is 10.3. The fourth-order valence-electron chi connectivity index (χ4n) is 2.97. The van der Waals surface area contributed by atoms with Crippen molar-refractivity contribution >= 4 is 35.0 Å². The molecule has 2 N–H and O–H groups in total. The topological polar surface area (TPSA) is 76.7 Å². The third-order valence-electron chi connectivity index (χ3n) is 4.62. The van der Waals surface area contributed by atoms with E-state index in [0.29, 0.717) is 18.6 Å². The summed E-state index contributed by atoms with van der Waals surface area (Å²) in [7, 11) is 0. The highest BCUT2D eigenvalue weighted by Gasteiger charge is 2.31. The van der Waals surface area contributed by atoms with Gasteiger partial charge in [0.15, 0.2) is 6.61 Å². The molecule has 2 amide bonds. The molecule has 1 saturated carbocycles. The lowest BCUT2D eigenvalue weighted by molar-refractivity contribution is -0.125. The summed E-state index contributed by atoms with van der Waals surface area (Å²) in [5, 5.41) is 5.61. The van der Waals surface area contributed by atoms with Crippen molar-refractivity contribution in [1.29, 1.82) is 0 Å². The van der Waals surface area contributed by atoms with Crippen LogP contribution in [0.5, 0.6) is 11.5 Å². The van der Waals surface area contributed by atoms with Crippen LogP contribution in [0.15, 0.2) is 36.4 Å². The van der Waals surface area contributed by atoms with Crippen molar-refractivity contribution in [3.8, 4) is 11.5 Å². The number of rotatable bonds is 9. The molecule has 10 heteroatoms. The highest BCUT2D eigenvalue weighted by atomic mass is 35.5. The molecule has 6 nitrogen and oxygen atoms in total. The van der Waals surface area contributed by atoms with Gasteiger partial charge >= 0.3 is 0 Å². The molecule has 0 unspecified atom stereocenters. The molecule has 3 rings (SSSR count). The fourth-order valence-corrected chi connectivity index (χ4v) is 3.20. The van der Waals surface area contributed by atoms with Crippen LogP contribution < -0.4 is 20.1 Å². The average Bonchev–Trinajstić information content (AvgIpc) is 2.70. The van der Waals surface area contributed by atoms with Crippen molar-refractivity contribution in [3.05, 3.63) is 58.1 Å². The van der Waals surface area contributed by atoms with Gasteiger partial charge in [-0.05, 0) is 37.1 Å². The van der Waals surface area contributed by atoms with Crippen LogP contribution in [-0.2, 0) is 9.59 Å². The molecular weight excluding hydrogens is 453 g/mol. The zero-order chi connectivity index (χ0) is 22.4. The number of ether oxygens (including phenoxy) is 2. The molecular formula is C21H20Cl2F2N2O4. The Bertz CT molecular complexity index is 955. The number of hydrogen-bond acceptors (Lipinski definition) is 4. The maximum Gasteiger partial charge on any atom is 0.258 e. The quantitative estimate of drug-likeness (QED) is 0.580. The van der Waals surface area contributed by atoms with Crippen molar-refractivity contribution in [2.24, 2.45) is 0 Å². The Labute approximate surface area is 187 Å². The van der Waals surface area contributed by atoms with Crippen molar-refractivity contribution in [1.82, 2.24) is 10.6 Å². The van der Waals surface area contributed by atoms with Gasteiger partial charge in [-0.2, -0.15) is 0 Å². The van der Waals surface area contributed by atoms with E-state index in [0.717, 1.165) is 12.1 Å². The largest absolute Gasteiger partial charge is 0.493 e. The van der Waals surface area contributed by atoms with Crippen molar-refractivity contribution in [2.45, 2.75) is 31.3 Å². The number of nitrogens with one attached hydrogen (secondary N) is 2. The van der Waals surface area contributed by atoms with Gasteiger partial charge in [0.25, 0.3) is 5.91 Å². The molecule has 166 valence electrons. The van der Waals surface area contributed by atoms with Crippen LogP contribution in [0.25, 0.3) is 0 Å². The minimum absolute atomic E-state index is 0.00200. The first kappa shape index (κ1) is 23.1. The van der Waals surface area contributed by atoms with E-state index in [1.165, 1.54) is 24.3 Å². The Morgan fingerprint density at radius 2 is 1.39 bits per heavy atom. The maximum absolute atomic E-state index is 13.3. The zero-order valence-corrected chi connectivity index (χ0v) is 17.8. The Morgan fingerprint density at radius 1 is 0.871 bits per heavy atom. The molecule has 0 spiro atoms. The van der Waals surface area contributed by atoms with E-state index in [1.807, 2.05) is 0 Å². The summed E-state index contributed by atoms with van der Waals surface area (Å²) < 4.78 is 37.2. The SMILES string of the molecule is O=C(CCOc1ccc(Cl)c(F)c1)NC1CC(NC(=O)COc2ccc(Cl)c(F)c2)C1. The molecule has 0 aromatic heterocycles. The van der Waals surface area contributed by atoms with Crippen LogP contribution in [0.3, 0.4) is 0 Å². The van der Waals surface area contributed by atoms with Crippen LogP contribution >= 0.6 is 23.2 Å². The van der Waals surface area contributed by atoms with Crippen molar-refractivity contribution in [2.75, 3.05) is 13.2 Å². The zero-order valence-electron chi connectivity index (χ0n) is 16.3. The monoisotopic (exact) mass is 472 g/mol. The van der Waals surface area contributed by atoms with Gasteiger partial charge in [-0.25, -0.2) is 8.78 Å². The highest BCUT2D eigenvalue weighted by Crippen LogP contribution is 2.22. The van der Waals surface area contributed by atoms with Crippen LogP contribution in [0.2, 0.25) is 10.0 Å². The van der Waals surface area contributed by atoms with Gasteiger partial charge in [0, 0.05) is 24.2 Å². The van der Waals surface area contributed by atoms with E-state index in [9.17, 15) is 18.4 Å². The number of carbonyl (C=O) groups excluding carboxylic acids is 2. The summed E-state index contributed by atoms with van der Waals surface area (Å²) in [4.78, 5) is 23.9. The van der Waals surface area contributed by atoms with Crippen LogP contribution in [0.1, 0.15) is 19.3 Å². The minimum Gasteiger partial charge on any atom is -0.493 e. The molecule has 0 radical (unpaired) electrons.